The average Bonchev–Trinajstić information content (AvgIpc) is 3.81. The summed E-state index contributed by atoms with van der Waals surface area (Å²) < 4.78 is 6.47. The summed E-state index contributed by atoms with van der Waals surface area (Å²) >= 11 is 0. The van der Waals surface area contributed by atoms with Crippen molar-refractivity contribution in [3.05, 3.63) is 215 Å². The number of para-hydroxylation sites is 4. The highest BCUT2D eigenvalue weighted by molar-refractivity contribution is 7.03. The maximum absolute atomic E-state index is 6.47. The van der Waals surface area contributed by atoms with Crippen LogP contribution in [0.5, 0.6) is 0 Å². The maximum Gasteiger partial charge on any atom is 0.119 e. The van der Waals surface area contributed by atoms with Gasteiger partial charge >= 0.3 is 0 Å². The molecule has 0 unspecified atom stereocenters. The molecule has 65 heavy (non-hydrogen) atoms. The van der Waals surface area contributed by atoms with Gasteiger partial charge in [0.1, 0.15) is 8.07 Å². The van der Waals surface area contributed by atoms with E-state index >= 15 is 0 Å². The Morgan fingerprint density at radius 2 is 0.985 bits per heavy atom. The second-order valence-electron chi connectivity index (χ2n) is 18.2. The zero-order valence-corrected chi connectivity index (χ0v) is 39.1. The van der Waals surface area contributed by atoms with Crippen LogP contribution in [-0.2, 0) is 24.4 Å². The fraction of sp³-hybridized carbons (Fsp3) is 0.180. The van der Waals surface area contributed by atoms with E-state index in [1.165, 1.54) is 73.3 Å². The topological polar surface area (TPSA) is 15.7 Å². The fourth-order valence-electron chi connectivity index (χ4n) is 11.5. The summed E-state index contributed by atoms with van der Waals surface area (Å²) in [4.78, 5) is 4.74. The van der Waals surface area contributed by atoms with E-state index in [4.69, 9.17) is 4.74 Å². The lowest BCUT2D eigenvalue weighted by Gasteiger charge is -2.36. The Labute approximate surface area is 386 Å². The summed E-state index contributed by atoms with van der Waals surface area (Å²) in [7, 11) is -2.34. The Kier molecular flexibility index (Phi) is 10.7. The van der Waals surface area contributed by atoms with Gasteiger partial charge < -0.3 is 14.5 Å². The number of rotatable bonds is 10. The van der Waals surface area contributed by atoms with Crippen LogP contribution in [0.25, 0.3) is 33.9 Å². The molecule has 2 heterocycles. The standard InChI is InChI=1S/C61H56N2OSi/c1-5-65(6-2)59-39-55(54-33-31-52(35-43(54)4)63(49-26-15-9-16-27-49)50-28-17-10-18-29-50)57-40-64-41-58(57)56(59)37-45-21-19-20-44-36-46(38-60(65)61(44)45)53-32-30-51(34-42(53)3)62(47-22-11-7-12-23-47)48-24-13-8-14-25-48/h7-18,22-39H,5-6,19-21,40-41H2,1-4H3. The molecule has 0 N–H and O–H groups in total. The van der Waals surface area contributed by atoms with E-state index in [2.05, 4.69) is 219 Å². The van der Waals surface area contributed by atoms with Crippen molar-refractivity contribution < 1.29 is 4.74 Å². The van der Waals surface area contributed by atoms with Gasteiger partial charge in [0.25, 0.3) is 0 Å². The first-order valence-corrected chi connectivity index (χ1v) is 26.0. The Morgan fingerprint density at radius 3 is 1.49 bits per heavy atom. The molecule has 4 heteroatoms. The molecule has 0 atom stereocenters. The van der Waals surface area contributed by atoms with Crippen molar-refractivity contribution in [2.24, 2.45) is 0 Å². The summed E-state index contributed by atoms with van der Waals surface area (Å²) in [5.74, 6) is 0. The van der Waals surface area contributed by atoms with E-state index in [0.717, 1.165) is 53.4 Å². The summed E-state index contributed by atoms with van der Waals surface area (Å²) in [6.07, 6.45) is 6.05. The summed E-state index contributed by atoms with van der Waals surface area (Å²) in [6.45, 7) is 10.9. The first kappa shape index (κ1) is 41.0. The molecular weight excluding hydrogens is 805 g/mol. The normalized spacial score (nSPS) is 14.4. The van der Waals surface area contributed by atoms with Crippen molar-refractivity contribution in [1.29, 1.82) is 0 Å². The molecule has 2 aliphatic heterocycles. The number of hydrogen-bond acceptors (Lipinski definition) is 3. The quantitative estimate of drug-likeness (QED) is 0.127. The zero-order chi connectivity index (χ0) is 44.1. The van der Waals surface area contributed by atoms with E-state index in [1.54, 1.807) is 15.9 Å². The van der Waals surface area contributed by atoms with Gasteiger partial charge in [-0.2, -0.15) is 0 Å². The summed E-state index contributed by atoms with van der Waals surface area (Å²) in [5, 5.41) is 3.23. The van der Waals surface area contributed by atoms with Crippen LogP contribution in [0.1, 0.15) is 65.6 Å². The molecule has 0 spiro atoms. The average molecular weight is 861 g/mol. The lowest BCUT2D eigenvalue weighted by molar-refractivity contribution is 0.134. The molecule has 0 bridgehead atoms. The third kappa shape index (κ3) is 7.08. The number of allylic oxidation sites excluding steroid dienone is 1. The van der Waals surface area contributed by atoms with Crippen molar-refractivity contribution in [3.8, 4) is 22.3 Å². The Morgan fingerprint density at radius 1 is 0.477 bits per heavy atom. The van der Waals surface area contributed by atoms with Crippen LogP contribution in [0.2, 0.25) is 12.1 Å². The summed E-state index contributed by atoms with van der Waals surface area (Å²) in [5.41, 5.74) is 23.7. The van der Waals surface area contributed by atoms with Crippen LogP contribution in [0, 0.1) is 13.8 Å². The van der Waals surface area contributed by atoms with Crippen LogP contribution in [-0.4, -0.2) is 8.07 Å². The molecule has 0 aromatic heterocycles. The predicted octanol–water partition coefficient (Wildman–Crippen LogP) is 15.4. The lowest BCUT2D eigenvalue weighted by Crippen LogP contribution is -2.59. The van der Waals surface area contributed by atoms with Gasteiger partial charge in [-0.3, -0.25) is 0 Å². The molecule has 320 valence electrons. The van der Waals surface area contributed by atoms with E-state index < -0.39 is 8.07 Å². The first-order valence-electron chi connectivity index (χ1n) is 23.6. The Balaban J connectivity index is 1.05. The molecule has 0 amide bonds. The fourth-order valence-corrected chi connectivity index (χ4v) is 16.2. The molecule has 8 aromatic carbocycles. The minimum atomic E-state index is -2.34. The van der Waals surface area contributed by atoms with E-state index in [0.29, 0.717) is 13.2 Å². The van der Waals surface area contributed by atoms with Gasteiger partial charge in [-0.1, -0.05) is 135 Å². The Bertz CT molecular complexity index is 3000. The van der Waals surface area contributed by atoms with E-state index in [9.17, 15) is 0 Å². The third-order valence-corrected chi connectivity index (χ3v) is 20.0. The molecule has 0 saturated heterocycles. The highest BCUT2D eigenvalue weighted by Crippen LogP contribution is 2.45. The lowest BCUT2D eigenvalue weighted by atomic mass is 9.83. The number of aryl methyl sites for hydroxylation is 3. The minimum Gasteiger partial charge on any atom is -0.372 e. The zero-order valence-electron chi connectivity index (χ0n) is 38.1. The minimum absolute atomic E-state index is 0.652. The molecule has 3 aliphatic rings. The number of hydrogen-bond donors (Lipinski definition) is 0. The number of fused-ring (bicyclic) bond motifs is 3. The SMILES string of the molecule is CC[Si]1(CC)c2cc(-c3ccc(N(c4ccccc4)c4ccccc4)cc3C)c3c(c2C=C2CCCc4cc(-c5ccc(N(c6ccccc6)c6ccccc6)cc5C)cc1c42)COC3. The monoisotopic (exact) mass is 860 g/mol. The number of nitrogens with zero attached hydrogens (tertiary/aromatic N) is 2. The van der Waals surface area contributed by atoms with Crippen LogP contribution < -0.4 is 20.2 Å². The Hall–Kier alpha value is -6.72. The number of ether oxygens (including phenoxy) is 1. The third-order valence-electron chi connectivity index (χ3n) is 14.7. The van der Waals surface area contributed by atoms with Crippen molar-refractivity contribution in [2.45, 2.75) is 72.3 Å². The van der Waals surface area contributed by atoms with Crippen LogP contribution in [0.4, 0.5) is 34.1 Å². The predicted molar refractivity (Wildman–Crippen MR) is 278 cm³/mol. The number of benzene rings is 8. The largest absolute Gasteiger partial charge is 0.372 e. The molecule has 1 aliphatic carbocycles. The molecule has 0 saturated carbocycles. The highest BCUT2D eigenvalue weighted by atomic mass is 28.3. The van der Waals surface area contributed by atoms with Gasteiger partial charge in [-0.25, -0.2) is 0 Å². The van der Waals surface area contributed by atoms with E-state index in [-0.39, 0.29) is 0 Å². The smallest absolute Gasteiger partial charge is 0.119 e. The molecule has 11 rings (SSSR count). The second-order valence-corrected chi connectivity index (χ2v) is 22.9. The highest BCUT2D eigenvalue weighted by Gasteiger charge is 2.43. The van der Waals surface area contributed by atoms with Crippen molar-refractivity contribution >= 4 is 64.2 Å². The first-order chi connectivity index (χ1) is 32.0. The van der Waals surface area contributed by atoms with Gasteiger partial charge in [-0.15, -0.1) is 0 Å². The second kappa shape index (κ2) is 17.0. The van der Waals surface area contributed by atoms with Crippen LogP contribution >= 0.6 is 0 Å². The van der Waals surface area contributed by atoms with Gasteiger partial charge in [0.05, 0.1) is 13.2 Å². The maximum atomic E-state index is 6.47. The van der Waals surface area contributed by atoms with Gasteiger partial charge in [-0.05, 0) is 183 Å². The van der Waals surface area contributed by atoms with Crippen LogP contribution in [0.3, 0.4) is 0 Å². The molecule has 0 radical (unpaired) electrons. The van der Waals surface area contributed by atoms with E-state index in [1.807, 2.05) is 0 Å². The van der Waals surface area contributed by atoms with Gasteiger partial charge in [0, 0.05) is 34.1 Å². The number of anilines is 6. The molecule has 0 fully saturated rings. The molecule has 3 nitrogen and oxygen atoms in total. The van der Waals surface area contributed by atoms with Crippen molar-refractivity contribution in [2.75, 3.05) is 9.80 Å². The summed E-state index contributed by atoms with van der Waals surface area (Å²) in [6, 6.07) is 67.3. The van der Waals surface area contributed by atoms with Crippen molar-refractivity contribution in [3.63, 3.8) is 0 Å². The van der Waals surface area contributed by atoms with Crippen LogP contribution in [0.15, 0.2) is 176 Å². The molecular formula is C61H56N2OSi. The van der Waals surface area contributed by atoms with Gasteiger partial charge in [0.2, 0.25) is 0 Å². The van der Waals surface area contributed by atoms with Crippen molar-refractivity contribution in [1.82, 2.24) is 0 Å². The molecule has 8 aromatic rings. The van der Waals surface area contributed by atoms with Gasteiger partial charge in [0.15, 0.2) is 0 Å².